The van der Waals surface area contributed by atoms with Gasteiger partial charge < -0.3 is 9.30 Å². The molecule has 3 rings (SSSR count). The second-order valence-electron chi connectivity index (χ2n) is 5.34. The minimum Gasteiger partial charge on any atom is -0.462 e. The number of aromatic nitrogens is 5. The summed E-state index contributed by atoms with van der Waals surface area (Å²) in [4.78, 5) is 20.4. The average molecular weight is 333 g/mol. The van der Waals surface area contributed by atoms with E-state index in [0.717, 1.165) is 36.8 Å². The lowest BCUT2D eigenvalue weighted by atomic mass is 10.2. The number of carbonyl (C=O) groups excluding carboxylic acids is 1. The van der Waals surface area contributed by atoms with Crippen LogP contribution in [0, 0.1) is 6.92 Å². The van der Waals surface area contributed by atoms with Gasteiger partial charge in [-0.25, -0.2) is 14.8 Å². The third-order valence-corrected chi connectivity index (χ3v) is 4.57. The number of rotatable bonds is 4. The Labute approximate surface area is 138 Å². The van der Waals surface area contributed by atoms with E-state index >= 15 is 0 Å². The van der Waals surface area contributed by atoms with Crippen molar-refractivity contribution in [3.05, 3.63) is 23.3 Å². The molecule has 1 aliphatic rings. The highest BCUT2D eigenvalue weighted by Gasteiger charge is 2.18. The van der Waals surface area contributed by atoms with Crippen molar-refractivity contribution in [2.75, 3.05) is 6.61 Å². The van der Waals surface area contributed by atoms with Crippen molar-refractivity contribution in [3.63, 3.8) is 0 Å². The molecule has 3 heterocycles. The first kappa shape index (κ1) is 15.9. The number of hydrogen-bond acceptors (Lipinski definition) is 7. The molecule has 0 bridgehead atoms. The van der Waals surface area contributed by atoms with E-state index in [2.05, 4.69) is 24.7 Å². The maximum absolute atomic E-state index is 11.8. The maximum Gasteiger partial charge on any atom is 0.341 e. The number of ether oxygens (including phenoxy) is 1. The molecule has 0 amide bonds. The first-order chi connectivity index (χ1) is 11.2. The van der Waals surface area contributed by atoms with E-state index in [1.54, 1.807) is 13.8 Å². The third-order valence-electron chi connectivity index (χ3n) is 3.71. The number of fused-ring (bicyclic) bond motifs is 1. The number of aryl methyl sites for hydroxylation is 2. The van der Waals surface area contributed by atoms with Crippen LogP contribution in [0.25, 0.3) is 0 Å². The van der Waals surface area contributed by atoms with Gasteiger partial charge in [-0.05, 0) is 38.5 Å². The third kappa shape index (κ3) is 3.52. The van der Waals surface area contributed by atoms with Crippen LogP contribution in [0.4, 0.5) is 0 Å². The largest absolute Gasteiger partial charge is 0.462 e. The van der Waals surface area contributed by atoms with E-state index in [4.69, 9.17) is 4.74 Å². The lowest BCUT2D eigenvalue weighted by Crippen LogP contribution is -2.09. The quantitative estimate of drug-likeness (QED) is 0.627. The average Bonchev–Trinajstić information content (AvgIpc) is 2.76. The number of carbonyl (C=O) groups is 1. The van der Waals surface area contributed by atoms with E-state index < -0.39 is 5.97 Å². The van der Waals surface area contributed by atoms with Crippen LogP contribution < -0.4 is 0 Å². The van der Waals surface area contributed by atoms with Crippen LogP contribution in [0.5, 0.6) is 0 Å². The van der Waals surface area contributed by atoms with Gasteiger partial charge in [-0.15, -0.1) is 10.2 Å². The van der Waals surface area contributed by atoms with Gasteiger partial charge in [-0.2, -0.15) is 0 Å². The lowest BCUT2D eigenvalue weighted by Gasteiger charge is -2.07. The fraction of sp³-hybridized carbons (Fsp3) is 0.533. The highest BCUT2D eigenvalue weighted by atomic mass is 32.2. The molecule has 0 fully saturated rings. The molecular formula is C15H19N5O2S. The normalized spacial score (nSPS) is 14.2. The van der Waals surface area contributed by atoms with Crippen molar-refractivity contribution in [3.8, 4) is 0 Å². The van der Waals surface area contributed by atoms with E-state index in [1.165, 1.54) is 24.4 Å². The summed E-state index contributed by atoms with van der Waals surface area (Å²) >= 11 is 1.38. The summed E-state index contributed by atoms with van der Waals surface area (Å²) in [7, 11) is 0. The van der Waals surface area contributed by atoms with Gasteiger partial charge in [0, 0.05) is 19.2 Å². The molecule has 0 unspecified atom stereocenters. The van der Waals surface area contributed by atoms with Crippen molar-refractivity contribution < 1.29 is 9.53 Å². The highest BCUT2D eigenvalue weighted by Crippen LogP contribution is 2.26. The van der Waals surface area contributed by atoms with Crippen LogP contribution in [0.15, 0.2) is 16.5 Å². The topological polar surface area (TPSA) is 82.8 Å². The molecule has 2 aromatic rings. The van der Waals surface area contributed by atoms with Crippen LogP contribution in [-0.2, 0) is 17.7 Å². The standard InChI is InChI=1S/C15H19N5O2S/c1-3-22-13(21)11-9-16-14(17-10(11)2)23-15-19-18-12-7-5-4-6-8-20(12)15/h9H,3-8H2,1-2H3. The summed E-state index contributed by atoms with van der Waals surface area (Å²) in [6.45, 7) is 4.82. The summed E-state index contributed by atoms with van der Waals surface area (Å²) in [6.07, 6.45) is 6.00. The summed E-state index contributed by atoms with van der Waals surface area (Å²) in [5.41, 5.74) is 1.01. The molecule has 0 atom stereocenters. The minimum absolute atomic E-state index is 0.334. The molecule has 0 aromatic carbocycles. The van der Waals surface area contributed by atoms with Crippen molar-refractivity contribution in [1.82, 2.24) is 24.7 Å². The lowest BCUT2D eigenvalue weighted by molar-refractivity contribution is 0.0524. The molecular weight excluding hydrogens is 314 g/mol. The fourth-order valence-corrected chi connectivity index (χ4v) is 3.36. The SMILES string of the molecule is CCOC(=O)c1cnc(Sc2nnc3n2CCCCC3)nc1C. The van der Waals surface area contributed by atoms with Crippen LogP contribution in [0.1, 0.15) is 48.1 Å². The van der Waals surface area contributed by atoms with Gasteiger partial charge in [0.25, 0.3) is 0 Å². The Bertz CT molecular complexity index is 716. The Kier molecular flexibility index (Phi) is 4.90. The Morgan fingerprint density at radius 2 is 2.22 bits per heavy atom. The smallest absolute Gasteiger partial charge is 0.341 e. The van der Waals surface area contributed by atoms with Gasteiger partial charge in [-0.3, -0.25) is 0 Å². The number of esters is 1. The molecule has 0 saturated heterocycles. The van der Waals surface area contributed by atoms with Crippen LogP contribution >= 0.6 is 11.8 Å². The molecule has 0 N–H and O–H groups in total. The Hall–Kier alpha value is -1.96. The summed E-state index contributed by atoms with van der Waals surface area (Å²) in [5, 5.41) is 9.90. The van der Waals surface area contributed by atoms with E-state index in [9.17, 15) is 4.79 Å². The van der Waals surface area contributed by atoms with E-state index in [0.29, 0.717) is 23.0 Å². The van der Waals surface area contributed by atoms with Crippen molar-refractivity contribution in [2.45, 2.75) is 56.4 Å². The van der Waals surface area contributed by atoms with Crippen molar-refractivity contribution >= 4 is 17.7 Å². The Morgan fingerprint density at radius 3 is 3.00 bits per heavy atom. The Balaban J connectivity index is 1.80. The molecule has 2 aromatic heterocycles. The summed E-state index contributed by atoms with van der Waals surface area (Å²) in [5.74, 6) is 0.641. The van der Waals surface area contributed by atoms with Gasteiger partial charge in [-0.1, -0.05) is 6.42 Å². The molecule has 0 aliphatic carbocycles. The molecule has 23 heavy (non-hydrogen) atoms. The molecule has 8 heteroatoms. The molecule has 0 radical (unpaired) electrons. The van der Waals surface area contributed by atoms with Crippen LogP contribution in [-0.4, -0.2) is 37.3 Å². The fourth-order valence-electron chi connectivity index (χ4n) is 2.52. The molecule has 122 valence electrons. The van der Waals surface area contributed by atoms with Gasteiger partial charge in [0.2, 0.25) is 0 Å². The van der Waals surface area contributed by atoms with Crippen molar-refractivity contribution in [1.29, 1.82) is 0 Å². The first-order valence-electron chi connectivity index (χ1n) is 7.79. The highest BCUT2D eigenvalue weighted by molar-refractivity contribution is 7.99. The molecule has 0 saturated carbocycles. The second-order valence-corrected chi connectivity index (χ2v) is 6.27. The molecule has 1 aliphatic heterocycles. The molecule has 7 nitrogen and oxygen atoms in total. The van der Waals surface area contributed by atoms with Crippen molar-refractivity contribution in [2.24, 2.45) is 0 Å². The van der Waals surface area contributed by atoms with E-state index in [-0.39, 0.29) is 0 Å². The zero-order valence-electron chi connectivity index (χ0n) is 13.3. The number of hydrogen-bond donors (Lipinski definition) is 0. The monoisotopic (exact) mass is 333 g/mol. The zero-order valence-corrected chi connectivity index (χ0v) is 14.1. The van der Waals surface area contributed by atoms with Gasteiger partial charge in [0.05, 0.1) is 17.9 Å². The first-order valence-corrected chi connectivity index (χ1v) is 8.61. The summed E-state index contributed by atoms with van der Waals surface area (Å²) in [6, 6.07) is 0. The second kappa shape index (κ2) is 7.08. The van der Waals surface area contributed by atoms with Gasteiger partial charge >= 0.3 is 5.97 Å². The maximum atomic E-state index is 11.8. The van der Waals surface area contributed by atoms with Gasteiger partial charge in [0.1, 0.15) is 5.82 Å². The minimum atomic E-state index is -0.391. The number of nitrogens with zero attached hydrogens (tertiary/aromatic N) is 5. The van der Waals surface area contributed by atoms with E-state index in [1.807, 2.05) is 0 Å². The summed E-state index contributed by atoms with van der Waals surface area (Å²) < 4.78 is 7.14. The van der Waals surface area contributed by atoms with Gasteiger partial charge in [0.15, 0.2) is 10.3 Å². The predicted octanol–water partition coefficient (Wildman–Crippen LogP) is 2.43. The zero-order chi connectivity index (χ0) is 16.2. The van der Waals surface area contributed by atoms with Crippen LogP contribution in [0.2, 0.25) is 0 Å². The Morgan fingerprint density at radius 1 is 1.35 bits per heavy atom. The van der Waals surface area contributed by atoms with Crippen LogP contribution in [0.3, 0.4) is 0 Å². The predicted molar refractivity (Wildman–Crippen MR) is 84.4 cm³/mol. The molecule has 0 spiro atoms.